The minimum atomic E-state index is -1.75. The van der Waals surface area contributed by atoms with E-state index in [0.717, 1.165) is 0 Å². The van der Waals surface area contributed by atoms with E-state index in [1.165, 1.54) is 0 Å². The van der Waals surface area contributed by atoms with E-state index < -0.39 is 15.3 Å². The monoisotopic (exact) mass is 342 g/mol. The van der Waals surface area contributed by atoms with Gasteiger partial charge in [-0.2, -0.15) is 0 Å². The van der Waals surface area contributed by atoms with Gasteiger partial charge in [-0.05, 0) is 0 Å². The summed E-state index contributed by atoms with van der Waals surface area (Å²) in [4.78, 5) is 24.8. The van der Waals surface area contributed by atoms with Gasteiger partial charge in [0.1, 0.15) is 0 Å². The molecule has 0 radical (unpaired) electrons. The van der Waals surface area contributed by atoms with Crippen LogP contribution >= 0.6 is 0 Å². The average Bonchev–Trinajstić information content (AvgIpc) is 1.86. The molecule has 14 heavy (non-hydrogen) atoms. The van der Waals surface area contributed by atoms with Gasteiger partial charge in [-0.1, -0.05) is 0 Å². The van der Waals surface area contributed by atoms with E-state index in [1.807, 2.05) is 0 Å². The van der Waals surface area contributed by atoms with Crippen LogP contribution in [-0.2, 0) is 0 Å². The topological polar surface area (TPSA) is 219 Å². The third-order valence-electron chi connectivity index (χ3n) is 0. The first-order chi connectivity index (χ1) is 6.20. The Morgan fingerprint density at radius 2 is 0.643 bits per heavy atom. The molecule has 79 valence electrons. The zero-order valence-corrected chi connectivity index (χ0v) is 9.67. The van der Waals surface area contributed by atoms with Crippen molar-refractivity contribution in [3.8, 4) is 0 Å². The summed E-state index contributed by atoms with van der Waals surface area (Å²) >= 11 is 0.167. The van der Waals surface area contributed by atoms with Gasteiger partial charge >= 0.3 is 36.3 Å². The molecule has 0 heterocycles. The summed E-state index contributed by atoms with van der Waals surface area (Å²) in [5.41, 5.74) is 0. The molecule has 0 saturated carbocycles. The first-order valence-corrected chi connectivity index (χ1v) is 3.52. The van der Waals surface area contributed by atoms with Crippen LogP contribution in [0.5, 0.6) is 0 Å². The Morgan fingerprint density at radius 1 is 0.643 bits per heavy atom. The molecule has 0 bridgehead atoms. The Bertz CT molecular complexity index is 113. The van der Waals surface area contributed by atoms with Crippen LogP contribution in [0.15, 0.2) is 0 Å². The van der Waals surface area contributed by atoms with E-state index in [1.54, 1.807) is 0 Å². The van der Waals surface area contributed by atoms with E-state index in [9.17, 15) is 0 Å². The van der Waals surface area contributed by atoms with Gasteiger partial charge in [0.15, 0.2) is 0 Å². The third-order valence-corrected chi connectivity index (χ3v) is 0. The minimum absolute atomic E-state index is 0.167. The molecular formula is HLaN3O10. The van der Waals surface area contributed by atoms with E-state index in [-0.39, 0.29) is 34.3 Å². The summed E-state index contributed by atoms with van der Waals surface area (Å²) in [6, 6.07) is 0. The van der Waals surface area contributed by atoms with Crippen LogP contribution in [-0.4, -0.2) is 17.3 Å². The van der Waals surface area contributed by atoms with Crippen molar-refractivity contribution in [2.24, 2.45) is 0 Å². The van der Waals surface area contributed by atoms with Crippen molar-refractivity contribution in [3.63, 3.8) is 0 Å². The summed E-state index contributed by atoms with van der Waals surface area (Å²) in [5.74, 6) is 0. The number of nitrogens with zero attached hydrogens (tertiary/aromatic N) is 3. The molecule has 0 unspecified atom stereocenters. The van der Waals surface area contributed by atoms with E-state index in [2.05, 4.69) is 0 Å². The molecule has 0 aromatic carbocycles. The third kappa shape index (κ3) is 660. The maximum absolute atomic E-state index is 8.25. The quantitative estimate of drug-likeness (QED) is 0.406. The molecule has 0 aromatic heterocycles. The molecule has 1 N–H and O–H groups in total. The van der Waals surface area contributed by atoms with Crippen molar-refractivity contribution in [1.29, 1.82) is 0 Å². The van der Waals surface area contributed by atoms with Crippen molar-refractivity contribution in [1.82, 2.24) is 0 Å². The molecule has 0 amide bonds. The van der Waals surface area contributed by atoms with Gasteiger partial charge in [-0.3, -0.25) is 0 Å². The SMILES string of the molecule is O=[N+]([O-])[O-].O=[N+]([O-])[O-].O=[N+]([O-])[O-].[OH][La+3]. The van der Waals surface area contributed by atoms with Crippen LogP contribution in [0.3, 0.4) is 0 Å². The number of hydrogen-bond donors (Lipinski definition) is 1. The molecular weight excluding hydrogens is 341 g/mol. The molecule has 0 atom stereocenters. The van der Waals surface area contributed by atoms with Crippen molar-refractivity contribution in [3.05, 3.63) is 46.0 Å². The number of hydrogen-bond acceptors (Lipinski definition) is 10. The van der Waals surface area contributed by atoms with Crippen LogP contribution in [0, 0.1) is 80.2 Å². The molecule has 0 saturated heterocycles. The van der Waals surface area contributed by atoms with Crippen LogP contribution in [0.2, 0.25) is 0 Å². The molecule has 0 aliphatic heterocycles. The Labute approximate surface area is 97.4 Å². The molecule has 13 nitrogen and oxygen atoms in total. The second-order valence-corrected chi connectivity index (χ2v) is 0.671. The average molecular weight is 342 g/mol. The molecule has 14 heteroatoms. The van der Waals surface area contributed by atoms with Crippen LogP contribution in [0.1, 0.15) is 0 Å². The Balaban J connectivity index is -0.0000000492. The summed E-state index contributed by atoms with van der Waals surface area (Å²) in [5, 5.41) is 44.2. The number of rotatable bonds is 0. The summed E-state index contributed by atoms with van der Waals surface area (Å²) < 4.78 is 7.17. The summed E-state index contributed by atoms with van der Waals surface area (Å²) in [6.07, 6.45) is 0. The van der Waals surface area contributed by atoms with E-state index >= 15 is 0 Å². The zero-order valence-electron chi connectivity index (χ0n) is 6.04. The fourth-order valence-corrected chi connectivity index (χ4v) is 0. The second kappa shape index (κ2) is 22.6. The first kappa shape index (κ1) is 23.0. The summed E-state index contributed by atoms with van der Waals surface area (Å²) in [7, 11) is 0. The van der Waals surface area contributed by atoms with E-state index in [0.29, 0.717) is 0 Å². The van der Waals surface area contributed by atoms with Gasteiger partial charge in [0.2, 0.25) is 0 Å². The van der Waals surface area contributed by atoms with Gasteiger partial charge in [-0.25, -0.2) is 0 Å². The molecule has 0 rings (SSSR count). The van der Waals surface area contributed by atoms with Gasteiger partial charge in [-0.15, -0.1) is 0 Å². The fourth-order valence-electron chi connectivity index (χ4n) is 0. The van der Waals surface area contributed by atoms with Crippen molar-refractivity contribution in [2.75, 3.05) is 0 Å². The Hall–Kier alpha value is -1.25. The molecule has 0 aliphatic rings. The van der Waals surface area contributed by atoms with Gasteiger partial charge in [0.05, 0.1) is 15.3 Å². The van der Waals surface area contributed by atoms with Gasteiger partial charge in [0.25, 0.3) is 0 Å². The van der Waals surface area contributed by atoms with E-state index in [4.69, 9.17) is 48.0 Å². The first-order valence-electron chi connectivity index (χ1n) is 1.90. The molecule has 0 spiro atoms. The normalized spacial score (nSPS) is 5.64. The van der Waals surface area contributed by atoms with Gasteiger partial charge < -0.3 is 46.0 Å². The fraction of sp³-hybridized carbons (Fsp3) is 0. The predicted octanol–water partition coefficient (Wildman–Crippen LogP) is -1.27. The van der Waals surface area contributed by atoms with Crippen LogP contribution in [0.4, 0.5) is 0 Å². The standard InChI is InChI=1S/La.3NO3.H2O/c;3*2-1(3)4;/h;;;;1H2/q+4;3*-1;/p-1. The van der Waals surface area contributed by atoms with Gasteiger partial charge in [0, 0.05) is 0 Å². The molecule has 0 aliphatic carbocycles. The summed E-state index contributed by atoms with van der Waals surface area (Å²) in [6.45, 7) is 0. The predicted molar refractivity (Wildman–Crippen MR) is 33.3 cm³/mol. The van der Waals surface area contributed by atoms with Crippen LogP contribution < -0.4 is 0 Å². The van der Waals surface area contributed by atoms with Crippen molar-refractivity contribution >= 4 is 0 Å². The van der Waals surface area contributed by atoms with Crippen molar-refractivity contribution in [2.45, 2.75) is 0 Å². The Morgan fingerprint density at radius 3 is 0.643 bits per heavy atom. The molecule has 0 fully saturated rings. The Kier molecular flexibility index (Phi) is 37.1. The van der Waals surface area contributed by atoms with Crippen molar-refractivity contribution < 1.29 is 51.6 Å². The molecule has 0 aromatic rings. The second-order valence-electron chi connectivity index (χ2n) is 0.671. The van der Waals surface area contributed by atoms with Crippen LogP contribution in [0.25, 0.3) is 0 Å². The zero-order chi connectivity index (χ0) is 12.7. The maximum atomic E-state index is 8.25.